The molecule has 1 aliphatic heterocycles. The van der Waals surface area contributed by atoms with E-state index in [-0.39, 0.29) is 30.7 Å². The van der Waals surface area contributed by atoms with Crippen LogP contribution in [0.25, 0.3) is 0 Å². The summed E-state index contributed by atoms with van der Waals surface area (Å²) in [5, 5.41) is 3.55. The molecule has 0 aliphatic carbocycles. The summed E-state index contributed by atoms with van der Waals surface area (Å²) >= 11 is 0. The third-order valence-corrected chi connectivity index (χ3v) is 5.70. The normalized spacial score (nSPS) is 14.5. The minimum Gasteiger partial charge on any atom is -0.497 e. The van der Waals surface area contributed by atoms with Crippen molar-refractivity contribution >= 4 is 36.4 Å². The van der Waals surface area contributed by atoms with Crippen LogP contribution in [0, 0.1) is 5.41 Å². The number of likely N-dealkylation sites (tertiary alicyclic amines) is 1. The number of amides is 1. The van der Waals surface area contributed by atoms with E-state index in [4.69, 9.17) is 15.2 Å². The molecule has 0 saturated carbocycles. The number of hydrogen-bond donors (Lipinski definition) is 2. The van der Waals surface area contributed by atoms with Gasteiger partial charge in [-0.2, -0.15) is 0 Å². The second-order valence-corrected chi connectivity index (χ2v) is 7.00. The molecule has 0 unspecified atom stereocenters. The van der Waals surface area contributed by atoms with Gasteiger partial charge in [-0.3, -0.25) is 4.79 Å². The van der Waals surface area contributed by atoms with E-state index in [2.05, 4.69) is 19.2 Å². The average Bonchev–Trinajstić information content (AvgIpc) is 2.69. The van der Waals surface area contributed by atoms with E-state index in [1.165, 1.54) is 0 Å². The average molecular weight is 436 g/mol. The zero-order chi connectivity index (χ0) is 19.2. The number of carbonyl (C=O) groups excluding carboxylic acids is 1. The minimum absolute atomic E-state index is 0. The lowest BCUT2D eigenvalue weighted by molar-refractivity contribution is -0.143. The fourth-order valence-electron chi connectivity index (χ4n) is 3.62. The van der Waals surface area contributed by atoms with Gasteiger partial charge in [0.15, 0.2) is 0 Å². The Labute approximate surface area is 181 Å². The van der Waals surface area contributed by atoms with E-state index in [0.29, 0.717) is 12.6 Å². The van der Waals surface area contributed by atoms with E-state index < -0.39 is 5.41 Å². The van der Waals surface area contributed by atoms with Crippen molar-refractivity contribution in [2.45, 2.75) is 45.6 Å². The van der Waals surface area contributed by atoms with Crippen molar-refractivity contribution in [3.63, 3.8) is 0 Å². The number of methoxy groups -OCH3 is 2. The lowest BCUT2D eigenvalue weighted by Crippen LogP contribution is -2.51. The van der Waals surface area contributed by atoms with Gasteiger partial charge in [0.25, 0.3) is 0 Å². The lowest BCUT2D eigenvalue weighted by atomic mass is 9.80. The largest absolute Gasteiger partial charge is 0.497 e. The van der Waals surface area contributed by atoms with Gasteiger partial charge in [-0.15, -0.1) is 24.8 Å². The highest BCUT2D eigenvalue weighted by Crippen LogP contribution is 2.31. The second kappa shape index (κ2) is 12.2. The quantitative estimate of drug-likeness (QED) is 0.650. The molecule has 8 heteroatoms. The molecule has 0 atom stereocenters. The topological polar surface area (TPSA) is 76.8 Å². The molecule has 1 aromatic rings. The highest BCUT2D eigenvalue weighted by molar-refractivity contribution is 5.85. The van der Waals surface area contributed by atoms with Gasteiger partial charge in [0, 0.05) is 49.6 Å². The van der Waals surface area contributed by atoms with Crippen LogP contribution in [0.4, 0.5) is 5.69 Å². The fourth-order valence-corrected chi connectivity index (χ4v) is 3.62. The van der Waals surface area contributed by atoms with Crippen LogP contribution in [-0.2, 0) is 4.79 Å². The Morgan fingerprint density at radius 2 is 1.61 bits per heavy atom. The van der Waals surface area contributed by atoms with Crippen LogP contribution < -0.4 is 20.5 Å². The van der Waals surface area contributed by atoms with Crippen LogP contribution in [0.2, 0.25) is 0 Å². The van der Waals surface area contributed by atoms with Crippen LogP contribution in [0.3, 0.4) is 0 Å². The number of hydrogen-bond acceptors (Lipinski definition) is 5. The van der Waals surface area contributed by atoms with Gasteiger partial charge in [0.1, 0.15) is 11.5 Å². The second-order valence-electron chi connectivity index (χ2n) is 7.00. The number of nitrogens with zero attached hydrogens (tertiary/aromatic N) is 1. The van der Waals surface area contributed by atoms with Crippen molar-refractivity contribution in [1.82, 2.24) is 4.90 Å². The van der Waals surface area contributed by atoms with Crippen molar-refractivity contribution in [2.75, 3.05) is 39.2 Å². The Morgan fingerprint density at radius 3 is 2.00 bits per heavy atom. The third kappa shape index (κ3) is 6.06. The van der Waals surface area contributed by atoms with Crippen molar-refractivity contribution in [2.24, 2.45) is 11.1 Å². The molecular formula is C20H35Cl2N3O3. The first-order valence-corrected chi connectivity index (χ1v) is 9.51. The summed E-state index contributed by atoms with van der Waals surface area (Å²) in [4.78, 5) is 14.9. The Bertz CT molecular complexity index is 574. The summed E-state index contributed by atoms with van der Waals surface area (Å²) in [5.74, 6) is 1.74. The third-order valence-electron chi connectivity index (χ3n) is 5.70. The predicted molar refractivity (Wildman–Crippen MR) is 119 cm³/mol. The summed E-state index contributed by atoms with van der Waals surface area (Å²) in [6.45, 7) is 6.05. The smallest absolute Gasteiger partial charge is 0.230 e. The minimum atomic E-state index is -0.402. The number of nitrogens with two attached hydrogens (primary N) is 1. The highest BCUT2D eigenvalue weighted by atomic mass is 35.5. The number of piperidine rings is 1. The highest BCUT2D eigenvalue weighted by Gasteiger charge is 2.38. The van der Waals surface area contributed by atoms with Gasteiger partial charge >= 0.3 is 0 Å². The fraction of sp³-hybridized carbons (Fsp3) is 0.650. The molecule has 1 aliphatic rings. The number of nitrogens with one attached hydrogen (secondary N) is 1. The van der Waals surface area contributed by atoms with Crippen LogP contribution in [-0.4, -0.2) is 50.7 Å². The zero-order valence-corrected chi connectivity index (χ0v) is 19.0. The van der Waals surface area contributed by atoms with Crippen LogP contribution in [0.1, 0.15) is 39.5 Å². The van der Waals surface area contributed by atoms with Gasteiger partial charge in [-0.1, -0.05) is 13.8 Å². The lowest BCUT2D eigenvalue weighted by Gasteiger charge is -2.39. The van der Waals surface area contributed by atoms with Gasteiger partial charge in [-0.05, 0) is 25.7 Å². The van der Waals surface area contributed by atoms with Crippen LogP contribution >= 0.6 is 24.8 Å². The first kappa shape index (κ1) is 26.6. The number of halogens is 2. The molecule has 162 valence electrons. The zero-order valence-electron chi connectivity index (χ0n) is 17.3. The first-order chi connectivity index (χ1) is 12.5. The SMILES string of the molecule is CCC(CC)(CN)C(=O)N1CCC(Nc2cc(OC)cc(OC)c2)CC1.Cl.Cl. The van der Waals surface area contributed by atoms with Crippen molar-refractivity contribution in [3.8, 4) is 11.5 Å². The molecule has 1 heterocycles. The summed E-state index contributed by atoms with van der Waals surface area (Å²) in [7, 11) is 3.29. The summed E-state index contributed by atoms with van der Waals surface area (Å²) in [5.41, 5.74) is 6.51. The van der Waals surface area contributed by atoms with Crippen molar-refractivity contribution in [1.29, 1.82) is 0 Å². The van der Waals surface area contributed by atoms with Crippen LogP contribution in [0.5, 0.6) is 11.5 Å². The van der Waals surface area contributed by atoms with Gasteiger partial charge in [-0.25, -0.2) is 0 Å². The van der Waals surface area contributed by atoms with E-state index in [1.54, 1.807) is 14.2 Å². The molecule has 1 fully saturated rings. The molecule has 0 aromatic heterocycles. The number of carbonyl (C=O) groups is 1. The van der Waals surface area contributed by atoms with E-state index in [9.17, 15) is 4.79 Å². The molecule has 28 heavy (non-hydrogen) atoms. The standard InChI is InChI=1S/C20H33N3O3.2ClH/c1-5-20(6-2,14-21)19(24)23-9-7-15(8-10-23)22-16-11-17(25-3)13-18(12-16)26-4;;/h11-13,15,22H,5-10,14,21H2,1-4H3;2*1H. The molecule has 1 saturated heterocycles. The van der Waals surface area contributed by atoms with Gasteiger partial charge < -0.3 is 25.4 Å². The molecule has 6 nitrogen and oxygen atoms in total. The molecule has 0 spiro atoms. The summed E-state index contributed by atoms with van der Waals surface area (Å²) < 4.78 is 10.6. The molecule has 3 N–H and O–H groups in total. The molecule has 2 rings (SSSR count). The van der Waals surface area contributed by atoms with Gasteiger partial charge in [0.2, 0.25) is 5.91 Å². The molecule has 0 radical (unpaired) electrons. The number of benzene rings is 1. The van der Waals surface area contributed by atoms with E-state index in [0.717, 1.165) is 56.0 Å². The Balaban J connectivity index is 0.00000364. The summed E-state index contributed by atoms with van der Waals surface area (Å²) in [6, 6.07) is 6.11. The summed E-state index contributed by atoms with van der Waals surface area (Å²) in [6.07, 6.45) is 3.42. The Hall–Kier alpha value is -1.37. The van der Waals surface area contributed by atoms with E-state index in [1.807, 2.05) is 23.1 Å². The number of rotatable bonds is 8. The maximum Gasteiger partial charge on any atom is 0.230 e. The molecule has 1 amide bonds. The van der Waals surface area contributed by atoms with E-state index >= 15 is 0 Å². The molecule has 1 aromatic carbocycles. The predicted octanol–water partition coefficient (Wildman–Crippen LogP) is 3.72. The van der Waals surface area contributed by atoms with Crippen molar-refractivity contribution < 1.29 is 14.3 Å². The molecular weight excluding hydrogens is 401 g/mol. The van der Waals surface area contributed by atoms with Crippen molar-refractivity contribution in [3.05, 3.63) is 18.2 Å². The van der Waals surface area contributed by atoms with Gasteiger partial charge in [0.05, 0.1) is 19.6 Å². The Morgan fingerprint density at radius 1 is 1.11 bits per heavy atom. The number of ether oxygens (including phenoxy) is 2. The maximum absolute atomic E-state index is 12.9. The Kier molecular flexibility index (Phi) is 11.6. The molecule has 0 bridgehead atoms. The monoisotopic (exact) mass is 435 g/mol. The van der Waals surface area contributed by atoms with Crippen LogP contribution in [0.15, 0.2) is 18.2 Å². The first-order valence-electron chi connectivity index (χ1n) is 9.51. The maximum atomic E-state index is 12.9. The number of anilines is 1.